The summed E-state index contributed by atoms with van der Waals surface area (Å²) in [4.78, 5) is 24.3. The number of nitrogens with one attached hydrogen (secondary N) is 2. The Hall–Kier alpha value is -1.91. The van der Waals surface area contributed by atoms with E-state index in [2.05, 4.69) is 36.5 Å². The van der Waals surface area contributed by atoms with Crippen LogP contribution in [0, 0.1) is 5.41 Å². The maximum absolute atomic E-state index is 11.8. The lowest BCUT2D eigenvalue weighted by Crippen LogP contribution is -2.43. The van der Waals surface area contributed by atoms with Crippen molar-refractivity contribution in [2.75, 3.05) is 13.6 Å². The number of amides is 1. The molecule has 0 radical (unpaired) electrons. The number of hydrogen-bond donors (Lipinski definition) is 2. The number of hydrogen-bond acceptors (Lipinski definition) is 3. The molecular formula is C23H41N3O2. The van der Waals surface area contributed by atoms with Gasteiger partial charge in [0, 0.05) is 13.5 Å². The molecule has 0 aliphatic heterocycles. The standard InChI is InChI=1S/C23H41N3O2/c1-4-5-6-7-8-9-10-11-12-13-14-15-16-17-18-19-22(28)25-23(24)26(3)20-21(2)27/h8-9,11-12H,4-7,10,13-20H2,1-3H3,(H2,24,25,28)/b9-8-,12-11-. The number of ketones is 1. The van der Waals surface area contributed by atoms with E-state index in [0.717, 1.165) is 32.1 Å². The molecule has 0 aliphatic carbocycles. The second-order valence-corrected chi connectivity index (χ2v) is 7.44. The van der Waals surface area contributed by atoms with Gasteiger partial charge in [0.25, 0.3) is 0 Å². The molecule has 0 rings (SSSR count). The zero-order valence-corrected chi connectivity index (χ0v) is 18.3. The summed E-state index contributed by atoms with van der Waals surface area (Å²) < 4.78 is 0. The average molecular weight is 392 g/mol. The van der Waals surface area contributed by atoms with E-state index in [1.54, 1.807) is 7.05 Å². The molecular weight excluding hydrogens is 350 g/mol. The van der Waals surface area contributed by atoms with Crippen LogP contribution in [0.25, 0.3) is 0 Å². The predicted molar refractivity (Wildman–Crippen MR) is 119 cm³/mol. The molecule has 0 unspecified atom stereocenters. The maximum Gasteiger partial charge on any atom is 0.226 e. The van der Waals surface area contributed by atoms with E-state index in [-0.39, 0.29) is 24.2 Å². The summed E-state index contributed by atoms with van der Waals surface area (Å²) in [6.45, 7) is 3.84. The quantitative estimate of drug-likeness (QED) is 0.161. The number of likely N-dealkylation sites (N-methyl/N-ethyl adjacent to an activating group) is 1. The highest BCUT2D eigenvalue weighted by molar-refractivity contribution is 5.96. The topological polar surface area (TPSA) is 73.3 Å². The molecule has 28 heavy (non-hydrogen) atoms. The van der Waals surface area contributed by atoms with Crippen LogP contribution in [0.1, 0.15) is 90.9 Å². The molecule has 5 nitrogen and oxygen atoms in total. The minimum atomic E-state index is -0.147. The van der Waals surface area contributed by atoms with E-state index in [1.165, 1.54) is 50.3 Å². The Morgan fingerprint density at radius 1 is 0.893 bits per heavy atom. The van der Waals surface area contributed by atoms with Gasteiger partial charge in [-0.05, 0) is 45.4 Å². The number of rotatable bonds is 16. The fourth-order valence-electron chi connectivity index (χ4n) is 2.80. The van der Waals surface area contributed by atoms with Crippen molar-refractivity contribution in [1.29, 1.82) is 5.41 Å². The molecule has 0 aromatic carbocycles. The van der Waals surface area contributed by atoms with Crippen LogP contribution >= 0.6 is 0 Å². The van der Waals surface area contributed by atoms with Gasteiger partial charge in [0.1, 0.15) is 5.78 Å². The van der Waals surface area contributed by atoms with Crippen molar-refractivity contribution in [2.45, 2.75) is 90.9 Å². The van der Waals surface area contributed by atoms with Crippen LogP contribution in [0.5, 0.6) is 0 Å². The first kappa shape index (κ1) is 26.1. The molecule has 5 heteroatoms. The highest BCUT2D eigenvalue weighted by atomic mass is 16.2. The third-order valence-corrected chi connectivity index (χ3v) is 4.45. The van der Waals surface area contributed by atoms with Crippen molar-refractivity contribution in [1.82, 2.24) is 10.2 Å². The first-order valence-electron chi connectivity index (χ1n) is 10.9. The first-order chi connectivity index (χ1) is 13.5. The number of unbranched alkanes of at least 4 members (excludes halogenated alkanes) is 8. The Balaban J connectivity index is 3.51. The van der Waals surface area contributed by atoms with Crippen molar-refractivity contribution in [2.24, 2.45) is 0 Å². The summed E-state index contributed by atoms with van der Waals surface area (Å²) >= 11 is 0. The van der Waals surface area contributed by atoms with Gasteiger partial charge in [0.15, 0.2) is 5.96 Å². The Morgan fingerprint density at radius 2 is 1.46 bits per heavy atom. The third-order valence-electron chi connectivity index (χ3n) is 4.45. The molecule has 0 spiro atoms. The lowest BCUT2D eigenvalue weighted by molar-refractivity contribution is -0.120. The highest BCUT2D eigenvalue weighted by Gasteiger charge is 2.10. The minimum Gasteiger partial charge on any atom is -0.339 e. The monoisotopic (exact) mass is 391 g/mol. The van der Waals surface area contributed by atoms with Crippen LogP contribution < -0.4 is 5.32 Å². The summed E-state index contributed by atoms with van der Waals surface area (Å²) in [6.07, 6.45) is 22.2. The number of Topliss-reactive ketones (excluding diaryl/α,β-unsaturated/α-hetero) is 1. The second kappa shape index (κ2) is 18.5. The number of nitrogens with zero attached hydrogens (tertiary/aromatic N) is 1. The van der Waals surface area contributed by atoms with Crippen molar-refractivity contribution >= 4 is 17.6 Å². The van der Waals surface area contributed by atoms with Gasteiger partial charge in [0.05, 0.1) is 6.54 Å². The van der Waals surface area contributed by atoms with E-state index in [4.69, 9.17) is 5.41 Å². The Labute approximate surface area is 172 Å². The normalized spacial score (nSPS) is 11.2. The predicted octanol–water partition coefficient (Wildman–Crippen LogP) is 5.37. The zero-order chi connectivity index (χ0) is 21.0. The SMILES string of the molecule is CCCCC/C=C\C/C=C\CCCCCCCC(=O)NC(=N)N(C)CC(C)=O. The number of guanidine groups is 1. The third kappa shape index (κ3) is 17.5. The zero-order valence-electron chi connectivity index (χ0n) is 18.3. The van der Waals surface area contributed by atoms with Crippen molar-refractivity contribution in [3.8, 4) is 0 Å². The molecule has 2 N–H and O–H groups in total. The molecule has 160 valence electrons. The van der Waals surface area contributed by atoms with E-state index in [9.17, 15) is 9.59 Å². The fraction of sp³-hybridized carbons (Fsp3) is 0.696. The van der Waals surface area contributed by atoms with Crippen LogP contribution in [0.2, 0.25) is 0 Å². The lowest BCUT2D eigenvalue weighted by Gasteiger charge is -2.18. The van der Waals surface area contributed by atoms with Crippen LogP contribution in [0.3, 0.4) is 0 Å². The maximum atomic E-state index is 11.8. The Kier molecular flexibility index (Phi) is 17.2. The van der Waals surface area contributed by atoms with Crippen molar-refractivity contribution in [3.05, 3.63) is 24.3 Å². The van der Waals surface area contributed by atoms with Crippen LogP contribution in [-0.4, -0.2) is 36.1 Å². The summed E-state index contributed by atoms with van der Waals surface area (Å²) in [5.74, 6) is -0.191. The van der Waals surface area contributed by atoms with Gasteiger partial charge in [0.2, 0.25) is 5.91 Å². The Morgan fingerprint density at radius 3 is 2.07 bits per heavy atom. The molecule has 0 fully saturated rings. The summed E-state index contributed by atoms with van der Waals surface area (Å²) in [5, 5.41) is 10.3. The molecule has 1 amide bonds. The molecule has 0 saturated carbocycles. The second-order valence-electron chi connectivity index (χ2n) is 7.44. The average Bonchev–Trinajstić information content (AvgIpc) is 2.64. The van der Waals surface area contributed by atoms with E-state index >= 15 is 0 Å². The largest absolute Gasteiger partial charge is 0.339 e. The van der Waals surface area contributed by atoms with Gasteiger partial charge >= 0.3 is 0 Å². The van der Waals surface area contributed by atoms with E-state index < -0.39 is 0 Å². The lowest BCUT2D eigenvalue weighted by atomic mass is 10.1. The van der Waals surface area contributed by atoms with Crippen molar-refractivity contribution in [3.63, 3.8) is 0 Å². The van der Waals surface area contributed by atoms with E-state index in [1.807, 2.05) is 0 Å². The molecule has 0 atom stereocenters. The highest BCUT2D eigenvalue weighted by Crippen LogP contribution is 2.08. The molecule has 0 aromatic rings. The van der Waals surface area contributed by atoms with Gasteiger partial charge in [-0.1, -0.05) is 63.3 Å². The summed E-state index contributed by atoms with van der Waals surface area (Å²) in [6, 6.07) is 0. The van der Waals surface area contributed by atoms with Gasteiger partial charge in [-0.3, -0.25) is 20.3 Å². The van der Waals surface area contributed by atoms with Crippen molar-refractivity contribution < 1.29 is 9.59 Å². The molecule has 0 heterocycles. The Bertz CT molecular complexity index is 498. The van der Waals surface area contributed by atoms with Gasteiger partial charge in [-0.2, -0.15) is 0 Å². The molecule has 0 saturated heterocycles. The first-order valence-corrected chi connectivity index (χ1v) is 10.9. The van der Waals surface area contributed by atoms with Crippen LogP contribution in [0.15, 0.2) is 24.3 Å². The minimum absolute atomic E-state index is 0.0113. The summed E-state index contributed by atoms with van der Waals surface area (Å²) in [7, 11) is 1.63. The van der Waals surface area contributed by atoms with Crippen LogP contribution in [0.4, 0.5) is 0 Å². The number of allylic oxidation sites excluding steroid dienone is 4. The van der Waals surface area contributed by atoms with E-state index in [0.29, 0.717) is 6.42 Å². The number of carbonyl (C=O) groups excluding carboxylic acids is 2. The van der Waals surface area contributed by atoms with Crippen LogP contribution in [-0.2, 0) is 9.59 Å². The smallest absolute Gasteiger partial charge is 0.226 e. The molecule has 0 aliphatic rings. The molecule has 0 aromatic heterocycles. The van der Waals surface area contributed by atoms with Gasteiger partial charge in [-0.25, -0.2) is 0 Å². The summed E-state index contributed by atoms with van der Waals surface area (Å²) in [5.41, 5.74) is 0. The van der Waals surface area contributed by atoms with Gasteiger partial charge < -0.3 is 4.90 Å². The molecule has 0 bridgehead atoms. The number of carbonyl (C=O) groups is 2. The van der Waals surface area contributed by atoms with Gasteiger partial charge in [-0.15, -0.1) is 0 Å². The fourth-order valence-corrected chi connectivity index (χ4v) is 2.80.